The normalized spacial score (nSPS) is 28.3. The number of ketones is 1. The predicted octanol–water partition coefficient (Wildman–Crippen LogP) is 3.62. The van der Waals surface area contributed by atoms with Gasteiger partial charge in [0.15, 0.2) is 11.5 Å². The number of non-ortho nitro benzene ring substituents is 2. The van der Waals surface area contributed by atoms with Crippen LogP contribution in [0.1, 0.15) is 65.7 Å². The Morgan fingerprint density at radius 3 is 2.04 bits per heavy atom. The van der Waals surface area contributed by atoms with E-state index in [0.29, 0.717) is 6.07 Å². The number of rotatable bonds is 11. The van der Waals surface area contributed by atoms with Crippen molar-refractivity contribution < 1.29 is 57.8 Å². The van der Waals surface area contributed by atoms with Crippen molar-refractivity contribution >= 4 is 29.1 Å². The van der Waals surface area contributed by atoms with Crippen molar-refractivity contribution in [3.63, 3.8) is 0 Å². The van der Waals surface area contributed by atoms with E-state index in [1.165, 1.54) is 13.8 Å². The van der Waals surface area contributed by atoms with Gasteiger partial charge in [-0.25, -0.2) is 4.79 Å². The summed E-state index contributed by atoms with van der Waals surface area (Å²) in [5.41, 5.74) is -5.73. The molecule has 0 bridgehead atoms. The maximum Gasteiger partial charge on any atom is 0.339 e. The number of Topliss-reactive ketones (excluding diaryl/α,β-unsaturated/α-hetero) is 1. The fraction of sp³-hybridized carbons (Fsp3) is 0.656. The molecular weight excluding hydrogens is 636 g/mol. The van der Waals surface area contributed by atoms with E-state index in [-0.39, 0.29) is 30.1 Å². The predicted molar refractivity (Wildman–Crippen MR) is 162 cm³/mol. The Balaban J connectivity index is 1.41. The molecule has 1 spiro atoms. The molecule has 262 valence electrons. The number of carbonyl (C=O) groups is 3. The summed E-state index contributed by atoms with van der Waals surface area (Å²) in [7, 11) is 0. The number of nitro benzene ring substituents is 2. The minimum atomic E-state index is -2.01. The second kappa shape index (κ2) is 11.8. The molecule has 1 saturated heterocycles. The van der Waals surface area contributed by atoms with E-state index < -0.39 is 104 Å². The molecule has 0 amide bonds. The van der Waals surface area contributed by atoms with E-state index in [0.717, 1.165) is 12.1 Å². The van der Waals surface area contributed by atoms with Gasteiger partial charge in [0.05, 0.1) is 64.7 Å². The van der Waals surface area contributed by atoms with Crippen molar-refractivity contribution in [2.75, 3.05) is 19.8 Å². The molecule has 1 N–H and O–H groups in total. The van der Waals surface area contributed by atoms with Crippen molar-refractivity contribution in [2.24, 2.45) is 29.1 Å². The highest BCUT2D eigenvalue weighted by Crippen LogP contribution is 2.76. The van der Waals surface area contributed by atoms with Gasteiger partial charge >= 0.3 is 11.9 Å². The van der Waals surface area contributed by atoms with Gasteiger partial charge in [-0.1, -0.05) is 13.8 Å². The second-order valence-electron chi connectivity index (χ2n) is 14.7. The lowest BCUT2D eigenvalue weighted by atomic mass is 9.79. The number of aliphatic hydroxyl groups is 1. The standard InChI is InChI=1S/C32H40N2O14/c1-15(2)46-24-23(35)21-20(22-25(31(21,38)26(24)47-16(3)4)32(22)44-12-29(5,6)13-45-32)28(37)43-14-30(7,8)48-27(36)17-9-18(33(39)40)11-19(10-17)34(41)42/h9-11,15-16,20-22,25,38H,12-14H2,1-8H3/t20?,21-,22?,25?,31-/m0/s1. The summed E-state index contributed by atoms with van der Waals surface area (Å²) in [6.45, 7) is 13.5. The first-order valence-corrected chi connectivity index (χ1v) is 15.6. The molecule has 3 fully saturated rings. The summed E-state index contributed by atoms with van der Waals surface area (Å²) in [5, 5.41) is 35.0. The third kappa shape index (κ3) is 5.89. The molecule has 1 aromatic carbocycles. The number of fused-ring (bicyclic) bond motifs is 5. The summed E-state index contributed by atoms with van der Waals surface area (Å²) in [6.07, 6.45) is -0.923. The summed E-state index contributed by atoms with van der Waals surface area (Å²) < 4.78 is 35.5. The van der Waals surface area contributed by atoms with E-state index in [1.54, 1.807) is 27.7 Å². The smallest absolute Gasteiger partial charge is 0.339 e. The average Bonchev–Trinajstić information content (AvgIpc) is 3.46. The third-order valence-corrected chi connectivity index (χ3v) is 8.77. The number of hydrogen-bond donors (Lipinski definition) is 1. The SMILES string of the molecule is CC(C)OC1=C(OC(C)C)[C@@]2(O)C3C(C(C(=O)OCC(C)(C)OC(=O)c4cc([N+](=O)[O-])cc([N+](=O)[O-])c4)[C@H]2C1=O)C31OCC(C)(C)CO1. The molecule has 1 aromatic rings. The Labute approximate surface area is 275 Å². The van der Waals surface area contributed by atoms with E-state index in [1.807, 2.05) is 13.8 Å². The lowest BCUT2D eigenvalue weighted by molar-refractivity contribution is -0.394. The molecule has 16 nitrogen and oxygen atoms in total. The van der Waals surface area contributed by atoms with Gasteiger partial charge < -0.3 is 33.5 Å². The summed E-state index contributed by atoms with van der Waals surface area (Å²) >= 11 is 0. The molecule has 3 aliphatic carbocycles. The van der Waals surface area contributed by atoms with Crippen LogP contribution in [0.5, 0.6) is 0 Å². The maximum absolute atomic E-state index is 14.0. The van der Waals surface area contributed by atoms with E-state index in [4.69, 9.17) is 28.4 Å². The molecule has 2 saturated carbocycles. The number of nitro groups is 2. The van der Waals surface area contributed by atoms with Crippen LogP contribution >= 0.6 is 0 Å². The molecule has 5 atom stereocenters. The number of hydrogen-bond acceptors (Lipinski definition) is 14. The number of esters is 2. The minimum Gasteiger partial charge on any atom is -0.488 e. The van der Waals surface area contributed by atoms with Crippen LogP contribution in [0.15, 0.2) is 29.7 Å². The fourth-order valence-corrected chi connectivity index (χ4v) is 6.85. The zero-order valence-corrected chi connectivity index (χ0v) is 28.0. The number of ether oxygens (including phenoxy) is 6. The molecule has 16 heteroatoms. The molecular formula is C32H40N2O14. The summed E-state index contributed by atoms with van der Waals surface area (Å²) in [6, 6.07) is 2.38. The topological polar surface area (TPSA) is 213 Å². The van der Waals surface area contributed by atoms with Gasteiger partial charge in [-0.2, -0.15) is 0 Å². The van der Waals surface area contributed by atoms with E-state index in [9.17, 15) is 39.7 Å². The number of nitrogens with zero attached hydrogens (tertiary/aromatic N) is 2. The van der Waals surface area contributed by atoms with Crippen LogP contribution in [-0.4, -0.2) is 81.7 Å². The van der Waals surface area contributed by atoms with Crippen LogP contribution < -0.4 is 0 Å². The van der Waals surface area contributed by atoms with Crippen LogP contribution in [0.4, 0.5) is 11.4 Å². The van der Waals surface area contributed by atoms with Crippen molar-refractivity contribution in [3.05, 3.63) is 55.5 Å². The van der Waals surface area contributed by atoms with Crippen molar-refractivity contribution in [3.8, 4) is 0 Å². The van der Waals surface area contributed by atoms with Crippen molar-refractivity contribution in [2.45, 2.75) is 84.6 Å². The van der Waals surface area contributed by atoms with Gasteiger partial charge in [-0.05, 0) is 41.5 Å². The molecule has 0 radical (unpaired) electrons. The van der Waals surface area contributed by atoms with Crippen LogP contribution in [-0.2, 0) is 38.0 Å². The highest BCUT2D eigenvalue weighted by molar-refractivity contribution is 6.04. The number of carbonyl (C=O) groups excluding carboxylic acids is 3. The first-order valence-electron chi connectivity index (χ1n) is 15.6. The third-order valence-electron chi connectivity index (χ3n) is 8.77. The molecule has 1 aliphatic heterocycles. The largest absolute Gasteiger partial charge is 0.488 e. The highest BCUT2D eigenvalue weighted by atomic mass is 16.7. The molecule has 3 unspecified atom stereocenters. The first-order chi connectivity index (χ1) is 22.1. The minimum absolute atomic E-state index is 0.0827. The van der Waals surface area contributed by atoms with Gasteiger partial charge in [0.1, 0.15) is 17.8 Å². The second-order valence-corrected chi connectivity index (χ2v) is 14.7. The summed E-state index contributed by atoms with van der Waals surface area (Å²) in [4.78, 5) is 61.7. The molecule has 5 rings (SSSR count). The Bertz CT molecular complexity index is 1550. The number of allylic oxidation sites excluding steroid dienone is 1. The van der Waals surface area contributed by atoms with Gasteiger partial charge in [-0.15, -0.1) is 0 Å². The average molecular weight is 677 g/mol. The summed E-state index contributed by atoms with van der Waals surface area (Å²) in [5.74, 6) is -8.58. The lowest BCUT2D eigenvalue weighted by Gasteiger charge is -2.41. The quantitative estimate of drug-likeness (QED) is 0.201. The molecule has 1 heterocycles. The number of benzene rings is 1. The Kier molecular flexibility index (Phi) is 8.62. The fourth-order valence-electron chi connectivity index (χ4n) is 6.85. The molecule has 48 heavy (non-hydrogen) atoms. The van der Waals surface area contributed by atoms with Gasteiger partial charge in [-0.3, -0.25) is 29.8 Å². The zero-order valence-electron chi connectivity index (χ0n) is 28.0. The van der Waals surface area contributed by atoms with Crippen molar-refractivity contribution in [1.82, 2.24) is 0 Å². The van der Waals surface area contributed by atoms with E-state index >= 15 is 0 Å². The van der Waals surface area contributed by atoms with Crippen LogP contribution in [0, 0.1) is 49.3 Å². The first kappa shape index (κ1) is 35.2. The molecule has 4 aliphatic rings. The van der Waals surface area contributed by atoms with E-state index in [2.05, 4.69) is 0 Å². The lowest BCUT2D eigenvalue weighted by Crippen LogP contribution is -2.53. The van der Waals surface area contributed by atoms with Crippen LogP contribution in [0.2, 0.25) is 0 Å². The molecule has 0 aromatic heterocycles. The van der Waals surface area contributed by atoms with Crippen LogP contribution in [0.3, 0.4) is 0 Å². The monoisotopic (exact) mass is 676 g/mol. The maximum atomic E-state index is 14.0. The van der Waals surface area contributed by atoms with Crippen molar-refractivity contribution in [1.29, 1.82) is 0 Å². The van der Waals surface area contributed by atoms with Gasteiger partial charge in [0.2, 0.25) is 11.5 Å². The van der Waals surface area contributed by atoms with Gasteiger partial charge in [0.25, 0.3) is 11.4 Å². The highest BCUT2D eigenvalue weighted by Gasteiger charge is 2.90. The Morgan fingerprint density at radius 1 is 1.00 bits per heavy atom. The Morgan fingerprint density at radius 2 is 1.54 bits per heavy atom. The zero-order chi connectivity index (χ0) is 35.7. The Hall–Kier alpha value is -4.15. The van der Waals surface area contributed by atoms with Crippen LogP contribution in [0.25, 0.3) is 0 Å². The van der Waals surface area contributed by atoms with Gasteiger partial charge in [0, 0.05) is 23.5 Å².